The average Bonchev–Trinajstić information content (AvgIpc) is 2.85. The van der Waals surface area contributed by atoms with E-state index in [9.17, 15) is 18.0 Å². The van der Waals surface area contributed by atoms with Crippen molar-refractivity contribution < 1.29 is 22.7 Å². The molecule has 0 bridgehead atoms. The van der Waals surface area contributed by atoms with Crippen molar-refractivity contribution >= 4 is 27.6 Å². The molecule has 9 nitrogen and oxygen atoms in total. The second-order valence-electron chi connectivity index (χ2n) is 6.48. The Kier molecular flexibility index (Phi) is 6.57. The van der Waals surface area contributed by atoms with Crippen LogP contribution < -0.4 is 10.0 Å². The van der Waals surface area contributed by atoms with Crippen molar-refractivity contribution in [1.82, 2.24) is 14.5 Å². The lowest BCUT2D eigenvalue weighted by atomic mass is 10.2. The van der Waals surface area contributed by atoms with E-state index >= 15 is 0 Å². The maximum atomic E-state index is 12.3. The molecule has 0 aliphatic heterocycles. The van der Waals surface area contributed by atoms with Crippen LogP contribution in [0.2, 0.25) is 0 Å². The maximum Gasteiger partial charge on any atom is 0.324 e. The number of esters is 1. The monoisotopic (exact) mass is 408 g/mol. The molecule has 28 heavy (non-hydrogen) atoms. The molecule has 152 valence electrons. The molecule has 0 unspecified atom stereocenters. The topological polar surface area (TPSA) is 119 Å². The summed E-state index contributed by atoms with van der Waals surface area (Å²) >= 11 is 0. The van der Waals surface area contributed by atoms with Crippen LogP contribution in [-0.2, 0) is 31.4 Å². The van der Waals surface area contributed by atoms with Gasteiger partial charge in [0.05, 0.1) is 22.0 Å². The number of benzene rings is 1. The van der Waals surface area contributed by atoms with Crippen LogP contribution in [0.5, 0.6) is 0 Å². The number of aromatic nitrogens is 2. The molecule has 1 heterocycles. The van der Waals surface area contributed by atoms with E-state index < -0.39 is 34.5 Å². The zero-order valence-corrected chi connectivity index (χ0v) is 17.3. The van der Waals surface area contributed by atoms with Gasteiger partial charge in [0.15, 0.2) is 6.61 Å². The van der Waals surface area contributed by atoms with E-state index in [-0.39, 0.29) is 4.90 Å². The van der Waals surface area contributed by atoms with Crippen molar-refractivity contribution in [3.63, 3.8) is 0 Å². The Morgan fingerprint density at radius 1 is 1.18 bits per heavy atom. The Hall–Kier alpha value is -2.72. The van der Waals surface area contributed by atoms with Gasteiger partial charge in [0.25, 0.3) is 5.91 Å². The molecule has 0 spiro atoms. The number of anilines is 1. The van der Waals surface area contributed by atoms with Crippen molar-refractivity contribution in [2.45, 2.75) is 38.6 Å². The van der Waals surface area contributed by atoms with Gasteiger partial charge in [-0.15, -0.1) is 0 Å². The summed E-state index contributed by atoms with van der Waals surface area (Å²) in [6.45, 7) is 6.19. The number of rotatable bonds is 7. The number of hydrogen-bond acceptors (Lipinski definition) is 6. The van der Waals surface area contributed by atoms with E-state index in [0.29, 0.717) is 11.4 Å². The van der Waals surface area contributed by atoms with Gasteiger partial charge in [-0.05, 0) is 39.8 Å². The van der Waals surface area contributed by atoms with Crippen LogP contribution in [0, 0.1) is 20.8 Å². The third-order valence-electron chi connectivity index (χ3n) is 4.14. The summed E-state index contributed by atoms with van der Waals surface area (Å²) in [5, 5.41) is 6.81. The molecule has 0 saturated heterocycles. The summed E-state index contributed by atoms with van der Waals surface area (Å²) in [4.78, 5) is 24.1. The molecule has 2 N–H and O–H groups in total. The molecule has 1 amide bonds. The number of ether oxygens (including phenoxy) is 1. The van der Waals surface area contributed by atoms with Crippen LogP contribution in [0.3, 0.4) is 0 Å². The highest BCUT2D eigenvalue weighted by molar-refractivity contribution is 7.89. The number of hydrogen-bond donors (Lipinski definition) is 2. The predicted molar refractivity (Wildman–Crippen MR) is 103 cm³/mol. The van der Waals surface area contributed by atoms with Crippen LogP contribution in [0.4, 0.5) is 5.69 Å². The summed E-state index contributed by atoms with van der Waals surface area (Å²) in [7, 11) is -2.13. The van der Waals surface area contributed by atoms with Crippen LogP contribution in [0.1, 0.15) is 23.9 Å². The number of carbonyl (C=O) groups excluding carboxylic acids is 2. The first kappa shape index (κ1) is 21.6. The summed E-state index contributed by atoms with van der Waals surface area (Å²) in [6.07, 6.45) is 0. The quantitative estimate of drug-likeness (QED) is 0.664. The summed E-state index contributed by atoms with van der Waals surface area (Å²) in [6, 6.07) is 5.05. The van der Waals surface area contributed by atoms with Crippen LogP contribution in [0.15, 0.2) is 29.2 Å². The fourth-order valence-corrected chi connectivity index (χ4v) is 3.65. The predicted octanol–water partition coefficient (Wildman–Crippen LogP) is 1.19. The first-order chi connectivity index (χ1) is 13.0. The Morgan fingerprint density at radius 3 is 2.32 bits per heavy atom. The molecule has 1 aromatic heterocycles. The van der Waals surface area contributed by atoms with Gasteiger partial charge in [-0.3, -0.25) is 14.3 Å². The van der Waals surface area contributed by atoms with Gasteiger partial charge in [0.1, 0.15) is 6.04 Å². The largest absolute Gasteiger partial charge is 0.454 e. The van der Waals surface area contributed by atoms with E-state index in [2.05, 4.69) is 15.1 Å². The van der Waals surface area contributed by atoms with Gasteiger partial charge < -0.3 is 10.1 Å². The second kappa shape index (κ2) is 8.53. The Bertz CT molecular complexity index is 980. The lowest BCUT2D eigenvalue weighted by Gasteiger charge is -2.14. The summed E-state index contributed by atoms with van der Waals surface area (Å²) in [5.41, 5.74) is 2.86. The van der Waals surface area contributed by atoms with Gasteiger partial charge in [0, 0.05) is 7.05 Å². The first-order valence-corrected chi connectivity index (χ1v) is 10.0. The van der Waals surface area contributed by atoms with Gasteiger partial charge in [0.2, 0.25) is 10.0 Å². The highest BCUT2D eigenvalue weighted by atomic mass is 32.2. The third kappa shape index (κ3) is 5.17. The normalized spacial score (nSPS) is 12.5. The molecule has 0 aliphatic carbocycles. The van der Waals surface area contributed by atoms with Crippen molar-refractivity contribution in [1.29, 1.82) is 0 Å². The smallest absolute Gasteiger partial charge is 0.324 e. The van der Waals surface area contributed by atoms with Crippen LogP contribution in [0.25, 0.3) is 0 Å². The minimum absolute atomic E-state index is 0.0398. The van der Waals surface area contributed by atoms with E-state index in [1.54, 1.807) is 37.7 Å². The van der Waals surface area contributed by atoms with Gasteiger partial charge in [-0.25, -0.2) is 8.42 Å². The minimum atomic E-state index is -3.88. The summed E-state index contributed by atoms with van der Waals surface area (Å²) < 4.78 is 33.4. The number of carbonyl (C=O) groups is 2. The molecule has 0 fully saturated rings. The third-order valence-corrected chi connectivity index (χ3v) is 5.69. The second-order valence-corrected chi connectivity index (χ2v) is 8.20. The minimum Gasteiger partial charge on any atom is -0.454 e. The lowest BCUT2D eigenvalue weighted by molar-refractivity contribution is -0.148. The van der Waals surface area contributed by atoms with Crippen molar-refractivity contribution in [3.05, 3.63) is 41.2 Å². The Morgan fingerprint density at radius 2 is 1.79 bits per heavy atom. The average molecular weight is 408 g/mol. The van der Waals surface area contributed by atoms with E-state index in [1.165, 1.54) is 19.1 Å². The number of nitrogens with one attached hydrogen (secondary N) is 2. The molecular formula is C18H24N4O5S. The maximum absolute atomic E-state index is 12.3. The molecule has 0 saturated carbocycles. The Labute approximate surface area is 164 Å². The van der Waals surface area contributed by atoms with E-state index in [0.717, 1.165) is 11.3 Å². The molecule has 1 atom stereocenters. The van der Waals surface area contributed by atoms with Crippen LogP contribution in [-0.4, -0.2) is 42.7 Å². The lowest BCUT2D eigenvalue weighted by Crippen LogP contribution is -2.40. The Balaban J connectivity index is 1.91. The molecule has 0 radical (unpaired) electrons. The molecule has 1 aromatic carbocycles. The fourth-order valence-electron chi connectivity index (χ4n) is 2.46. The number of nitrogens with zero attached hydrogens (tertiary/aromatic N) is 2. The fraction of sp³-hybridized carbons (Fsp3) is 0.389. The zero-order valence-electron chi connectivity index (χ0n) is 16.4. The van der Waals surface area contributed by atoms with Gasteiger partial charge in [-0.2, -0.15) is 9.82 Å². The number of sulfonamides is 1. The van der Waals surface area contributed by atoms with E-state index in [1.807, 2.05) is 6.92 Å². The standard InChI is InChI=1S/C18H24N4O5S/c1-11-6-8-15(9-7-11)28(25,26)21-13(3)18(24)27-10-16(23)19-17-12(2)20-22(5)14(17)4/h6-9,13,21H,10H2,1-5H3,(H,19,23)/t13-/m0/s1. The molecule has 10 heteroatoms. The van der Waals surface area contributed by atoms with Crippen molar-refractivity contribution in [2.24, 2.45) is 7.05 Å². The highest BCUT2D eigenvalue weighted by Crippen LogP contribution is 2.18. The van der Waals surface area contributed by atoms with Gasteiger partial charge >= 0.3 is 5.97 Å². The first-order valence-electron chi connectivity index (χ1n) is 8.57. The highest BCUT2D eigenvalue weighted by Gasteiger charge is 2.24. The molecule has 0 aliphatic rings. The van der Waals surface area contributed by atoms with Crippen molar-refractivity contribution in [3.8, 4) is 0 Å². The van der Waals surface area contributed by atoms with E-state index in [4.69, 9.17) is 4.74 Å². The number of aryl methyl sites for hydroxylation is 3. The molecular weight excluding hydrogens is 384 g/mol. The molecule has 2 aromatic rings. The zero-order chi connectivity index (χ0) is 21.1. The summed E-state index contributed by atoms with van der Waals surface area (Å²) in [5.74, 6) is -1.40. The van der Waals surface area contributed by atoms with Gasteiger partial charge in [-0.1, -0.05) is 17.7 Å². The molecule has 2 rings (SSSR count). The number of amides is 1. The SMILES string of the molecule is Cc1ccc(S(=O)(=O)N[C@@H](C)C(=O)OCC(=O)Nc2c(C)nn(C)c2C)cc1. The van der Waals surface area contributed by atoms with Crippen LogP contribution >= 0.6 is 0 Å². The van der Waals surface area contributed by atoms with Crippen molar-refractivity contribution in [2.75, 3.05) is 11.9 Å².